The zero-order valence-corrected chi connectivity index (χ0v) is 13.6. The van der Waals surface area contributed by atoms with E-state index in [2.05, 4.69) is 61.3 Å². The van der Waals surface area contributed by atoms with Gasteiger partial charge in [-0.15, -0.1) is 0 Å². The molecule has 0 aliphatic heterocycles. The summed E-state index contributed by atoms with van der Waals surface area (Å²) >= 11 is 0. The van der Waals surface area contributed by atoms with Crippen LogP contribution in [0.4, 0.5) is 0 Å². The summed E-state index contributed by atoms with van der Waals surface area (Å²) in [5, 5.41) is 8.06. The number of benzene rings is 1. The molecule has 0 aliphatic carbocycles. The van der Waals surface area contributed by atoms with Crippen molar-refractivity contribution in [3.05, 3.63) is 41.0 Å². The van der Waals surface area contributed by atoms with Crippen molar-refractivity contribution in [2.45, 2.75) is 53.5 Å². The molecule has 1 aromatic heterocycles. The minimum absolute atomic E-state index is 0.873. The molecule has 0 saturated carbocycles. The van der Waals surface area contributed by atoms with Crippen LogP contribution >= 0.6 is 0 Å². The SMILES string of the molecule is CCCNCc1ccc(-n2nc(CC)nc2CC)cc1C. The Morgan fingerprint density at radius 3 is 2.57 bits per heavy atom. The maximum Gasteiger partial charge on any atom is 0.151 e. The molecule has 4 nitrogen and oxygen atoms in total. The number of hydrogen-bond acceptors (Lipinski definition) is 3. The first kappa shape index (κ1) is 15.7. The van der Waals surface area contributed by atoms with Crippen LogP contribution in [0.2, 0.25) is 0 Å². The minimum atomic E-state index is 0.873. The van der Waals surface area contributed by atoms with Gasteiger partial charge in [0.05, 0.1) is 5.69 Å². The van der Waals surface area contributed by atoms with Gasteiger partial charge < -0.3 is 5.32 Å². The lowest BCUT2D eigenvalue weighted by atomic mass is 10.1. The predicted molar refractivity (Wildman–Crippen MR) is 86.8 cm³/mol. The number of rotatable bonds is 7. The van der Waals surface area contributed by atoms with Crippen molar-refractivity contribution < 1.29 is 0 Å². The van der Waals surface area contributed by atoms with Crippen molar-refractivity contribution in [1.82, 2.24) is 20.1 Å². The van der Waals surface area contributed by atoms with Gasteiger partial charge in [-0.1, -0.05) is 26.8 Å². The molecule has 4 heteroatoms. The summed E-state index contributed by atoms with van der Waals surface area (Å²) in [5.74, 6) is 1.95. The van der Waals surface area contributed by atoms with Crippen molar-refractivity contribution in [3.63, 3.8) is 0 Å². The molecule has 0 radical (unpaired) electrons. The highest BCUT2D eigenvalue weighted by Gasteiger charge is 2.10. The first-order valence-electron chi connectivity index (χ1n) is 7.95. The average molecular weight is 286 g/mol. The van der Waals surface area contributed by atoms with E-state index in [-0.39, 0.29) is 0 Å². The Morgan fingerprint density at radius 1 is 1.14 bits per heavy atom. The Balaban J connectivity index is 2.25. The lowest BCUT2D eigenvalue weighted by Crippen LogP contribution is -2.14. The second-order valence-electron chi connectivity index (χ2n) is 5.35. The highest BCUT2D eigenvalue weighted by Crippen LogP contribution is 2.16. The van der Waals surface area contributed by atoms with Gasteiger partial charge in [-0.2, -0.15) is 5.10 Å². The number of nitrogens with one attached hydrogen (secondary N) is 1. The van der Waals surface area contributed by atoms with E-state index in [1.165, 1.54) is 11.1 Å². The van der Waals surface area contributed by atoms with Crippen LogP contribution in [0.1, 0.15) is 50.0 Å². The molecule has 0 spiro atoms. The third-order valence-corrected chi connectivity index (χ3v) is 3.66. The van der Waals surface area contributed by atoms with E-state index in [1.807, 2.05) is 4.68 Å². The second-order valence-corrected chi connectivity index (χ2v) is 5.35. The van der Waals surface area contributed by atoms with Crippen molar-refractivity contribution in [2.75, 3.05) is 6.54 Å². The number of aryl methyl sites for hydroxylation is 3. The van der Waals surface area contributed by atoms with Gasteiger partial charge in [-0.3, -0.25) is 0 Å². The van der Waals surface area contributed by atoms with E-state index < -0.39 is 0 Å². The topological polar surface area (TPSA) is 42.7 Å². The van der Waals surface area contributed by atoms with Gasteiger partial charge in [0, 0.05) is 19.4 Å². The molecule has 0 bridgehead atoms. The quantitative estimate of drug-likeness (QED) is 0.795. The molecular weight excluding hydrogens is 260 g/mol. The largest absolute Gasteiger partial charge is 0.313 e. The van der Waals surface area contributed by atoms with E-state index in [1.54, 1.807) is 0 Å². The minimum Gasteiger partial charge on any atom is -0.313 e. The summed E-state index contributed by atoms with van der Waals surface area (Å²) in [7, 11) is 0. The first-order valence-corrected chi connectivity index (χ1v) is 7.95. The maximum atomic E-state index is 4.61. The molecule has 21 heavy (non-hydrogen) atoms. The highest BCUT2D eigenvalue weighted by atomic mass is 15.3. The third kappa shape index (κ3) is 3.70. The normalized spacial score (nSPS) is 11.0. The maximum absolute atomic E-state index is 4.61. The average Bonchev–Trinajstić information content (AvgIpc) is 2.92. The van der Waals surface area contributed by atoms with Crippen molar-refractivity contribution >= 4 is 0 Å². The summed E-state index contributed by atoms with van der Waals surface area (Å²) in [6, 6.07) is 6.54. The first-order chi connectivity index (χ1) is 10.2. The smallest absolute Gasteiger partial charge is 0.151 e. The van der Waals surface area contributed by atoms with Crippen LogP contribution in [-0.2, 0) is 19.4 Å². The number of aromatic nitrogens is 3. The van der Waals surface area contributed by atoms with Crippen LogP contribution in [0.15, 0.2) is 18.2 Å². The summed E-state index contributed by atoms with van der Waals surface area (Å²) in [6.07, 6.45) is 2.93. The summed E-state index contributed by atoms with van der Waals surface area (Å²) in [6.45, 7) is 10.5. The zero-order chi connectivity index (χ0) is 15.2. The van der Waals surface area contributed by atoms with E-state index >= 15 is 0 Å². The van der Waals surface area contributed by atoms with Crippen LogP contribution < -0.4 is 5.32 Å². The predicted octanol–water partition coefficient (Wildman–Crippen LogP) is 3.20. The van der Waals surface area contributed by atoms with Crippen LogP contribution in [0.3, 0.4) is 0 Å². The summed E-state index contributed by atoms with van der Waals surface area (Å²) in [4.78, 5) is 4.58. The van der Waals surface area contributed by atoms with Gasteiger partial charge in [0.15, 0.2) is 5.82 Å². The summed E-state index contributed by atoms with van der Waals surface area (Å²) < 4.78 is 1.98. The number of hydrogen-bond donors (Lipinski definition) is 1. The fourth-order valence-corrected chi connectivity index (χ4v) is 2.39. The van der Waals surface area contributed by atoms with Gasteiger partial charge in [-0.05, 0) is 43.1 Å². The molecule has 0 aliphatic rings. The van der Waals surface area contributed by atoms with Crippen LogP contribution in [-0.4, -0.2) is 21.3 Å². The molecular formula is C17H26N4. The fraction of sp³-hybridized carbons (Fsp3) is 0.529. The van der Waals surface area contributed by atoms with E-state index in [4.69, 9.17) is 0 Å². The Hall–Kier alpha value is -1.68. The Kier molecular flexibility index (Phi) is 5.51. The third-order valence-electron chi connectivity index (χ3n) is 3.66. The Bertz CT molecular complexity index is 586. The molecule has 1 N–H and O–H groups in total. The van der Waals surface area contributed by atoms with Gasteiger partial charge in [-0.25, -0.2) is 9.67 Å². The van der Waals surface area contributed by atoms with Crippen molar-refractivity contribution in [1.29, 1.82) is 0 Å². The molecule has 2 rings (SSSR count). The zero-order valence-electron chi connectivity index (χ0n) is 13.6. The standard InChI is InChI=1S/C17H26N4/c1-5-10-18-12-14-8-9-15(11-13(14)4)21-17(7-3)19-16(6-2)20-21/h8-9,11,18H,5-7,10,12H2,1-4H3. The Labute approximate surface area is 127 Å². The van der Waals surface area contributed by atoms with E-state index in [9.17, 15) is 0 Å². The molecule has 114 valence electrons. The highest BCUT2D eigenvalue weighted by molar-refractivity contribution is 5.40. The monoisotopic (exact) mass is 286 g/mol. The van der Waals surface area contributed by atoms with Gasteiger partial charge in [0.2, 0.25) is 0 Å². The molecule has 0 atom stereocenters. The van der Waals surface area contributed by atoms with Crippen molar-refractivity contribution in [2.24, 2.45) is 0 Å². The molecule has 0 amide bonds. The summed E-state index contributed by atoms with van der Waals surface area (Å²) in [5.41, 5.74) is 3.75. The molecule has 0 saturated heterocycles. The van der Waals surface area contributed by atoms with Gasteiger partial charge >= 0.3 is 0 Å². The van der Waals surface area contributed by atoms with Crippen molar-refractivity contribution in [3.8, 4) is 5.69 Å². The number of nitrogens with zero attached hydrogens (tertiary/aromatic N) is 3. The second kappa shape index (κ2) is 7.36. The van der Waals surface area contributed by atoms with Crippen LogP contribution in [0.5, 0.6) is 0 Å². The fourth-order valence-electron chi connectivity index (χ4n) is 2.39. The molecule has 0 unspecified atom stereocenters. The molecule has 1 aromatic carbocycles. The van der Waals surface area contributed by atoms with Gasteiger partial charge in [0.1, 0.15) is 5.82 Å². The van der Waals surface area contributed by atoms with Crippen LogP contribution in [0, 0.1) is 6.92 Å². The Morgan fingerprint density at radius 2 is 1.95 bits per heavy atom. The molecule has 2 aromatic rings. The lowest BCUT2D eigenvalue weighted by molar-refractivity contribution is 0.673. The van der Waals surface area contributed by atoms with Crippen LogP contribution in [0.25, 0.3) is 5.69 Å². The van der Waals surface area contributed by atoms with E-state index in [0.717, 1.165) is 49.7 Å². The molecule has 0 fully saturated rings. The van der Waals surface area contributed by atoms with Gasteiger partial charge in [0.25, 0.3) is 0 Å². The van der Waals surface area contributed by atoms with E-state index in [0.29, 0.717) is 0 Å². The molecule has 1 heterocycles. The lowest BCUT2D eigenvalue weighted by Gasteiger charge is -2.10.